The van der Waals surface area contributed by atoms with E-state index >= 15 is 0 Å². The van der Waals surface area contributed by atoms with Gasteiger partial charge in [-0.15, -0.1) is 0 Å². The van der Waals surface area contributed by atoms with Gasteiger partial charge >= 0.3 is 0 Å². The summed E-state index contributed by atoms with van der Waals surface area (Å²) in [6.45, 7) is 6.62. The third-order valence-electron chi connectivity index (χ3n) is 4.70. The zero-order valence-corrected chi connectivity index (χ0v) is 11.9. The molecule has 4 heteroatoms. The Kier molecular flexibility index (Phi) is 3.22. The normalized spacial score (nSPS) is 39.9. The molecule has 0 radical (unpaired) electrons. The van der Waals surface area contributed by atoms with Gasteiger partial charge in [-0.1, -0.05) is 13.8 Å². The van der Waals surface area contributed by atoms with Gasteiger partial charge in [0.2, 0.25) is 0 Å². The highest BCUT2D eigenvalue weighted by Gasteiger charge is 2.56. The molecular weight excluding hydrogens is 244 g/mol. The van der Waals surface area contributed by atoms with Crippen LogP contribution in [0.4, 0.5) is 0 Å². The largest absolute Gasteiger partial charge is 0.386 e. The molecule has 0 aliphatic heterocycles. The minimum Gasteiger partial charge on any atom is -0.386 e. The van der Waals surface area contributed by atoms with Crippen LogP contribution in [0.5, 0.6) is 0 Å². The molecule has 1 fully saturated rings. The van der Waals surface area contributed by atoms with Gasteiger partial charge in [0.05, 0.1) is 17.1 Å². The van der Waals surface area contributed by atoms with Crippen LogP contribution in [0.2, 0.25) is 0 Å². The Labute approximate surface area is 113 Å². The quantitative estimate of drug-likeness (QED) is 0.749. The first-order chi connectivity index (χ1) is 8.59. The van der Waals surface area contributed by atoms with Crippen molar-refractivity contribution in [3.8, 4) is 0 Å². The van der Waals surface area contributed by atoms with E-state index in [4.69, 9.17) is 0 Å². The number of hydrogen-bond acceptors (Lipinski definition) is 4. The van der Waals surface area contributed by atoms with E-state index in [1.54, 1.807) is 6.92 Å². The molecule has 0 bridgehead atoms. The number of hydrogen-bond donors (Lipinski definition) is 2. The number of rotatable bonds is 1. The number of carbonyl (C=O) groups is 2. The van der Waals surface area contributed by atoms with E-state index in [0.29, 0.717) is 12.8 Å². The Morgan fingerprint density at radius 3 is 2.42 bits per heavy atom. The fourth-order valence-corrected chi connectivity index (χ4v) is 3.33. The van der Waals surface area contributed by atoms with Crippen molar-refractivity contribution in [1.29, 1.82) is 0 Å². The molecule has 0 spiro atoms. The zero-order chi connectivity index (χ0) is 14.6. The molecule has 0 amide bonds. The van der Waals surface area contributed by atoms with E-state index in [9.17, 15) is 19.8 Å². The van der Waals surface area contributed by atoms with Crippen molar-refractivity contribution < 1.29 is 19.8 Å². The maximum Gasteiger partial charge on any atom is 0.168 e. The molecule has 2 aliphatic rings. The van der Waals surface area contributed by atoms with E-state index < -0.39 is 23.0 Å². The number of aliphatic hydroxyl groups is 2. The van der Waals surface area contributed by atoms with Crippen molar-refractivity contribution in [2.75, 3.05) is 0 Å². The van der Waals surface area contributed by atoms with Crippen LogP contribution in [0.1, 0.15) is 40.5 Å². The van der Waals surface area contributed by atoms with Crippen LogP contribution in [0.25, 0.3) is 0 Å². The van der Waals surface area contributed by atoms with Crippen molar-refractivity contribution in [3.63, 3.8) is 0 Å². The topological polar surface area (TPSA) is 74.6 Å². The predicted octanol–water partition coefficient (Wildman–Crippen LogP) is 1.25. The summed E-state index contributed by atoms with van der Waals surface area (Å²) in [5, 5.41) is 21.0. The fraction of sp³-hybridized carbons (Fsp3) is 0.733. The lowest BCUT2D eigenvalue weighted by atomic mass is 9.74. The third kappa shape index (κ3) is 2.07. The average Bonchev–Trinajstić information content (AvgIpc) is 2.53. The molecule has 0 saturated heterocycles. The number of carbonyl (C=O) groups excluding carboxylic acids is 2. The minimum absolute atomic E-state index is 0.0199. The summed E-state index contributed by atoms with van der Waals surface area (Å²) in [5.41, 5.74) is -2.37. The van der Waals surface area contributed by atoms with Crippen LogP contribution in [-0.4, -0.2) is 33.0 Å². The first-order valence-corrected chi connectivity index (χ1v) is 6.84. The summed E-state index contributed by atoms with van der Waals surface area (Å²) in [4.78, 5) is 24.5. The molecule has 2 aliphatic carbocycles. The number of Topliss-reactive ketones (excluding diaryl/α,β-unsaturated/α-hetero) is 2. The smallest absolute Gasteiger partial charge is 0.168 e. The van der Waals surface area contributed by atoms with Crippen molar-refractivity contribution in [1.82, 2.24) is 0 Å². The van der Waals surface area contributed by atoms with Crippen LogP contribution in [0, 0.1) is 17.8 Å². The minimum atomic E-state index is -1.31. The van der Waals surface area contributed by atoms with Crippen molar-refractivity contribution in [2.45, 2.75) is 51.7 Å². The monoisotopic (exact) mass is 266 g/mol. The maximum atomic E-state index is 12.5. The SMILES string of the molecule is C[C@@H]1C(=O)CC[C@@H](C)[C@]2(O)C=C(C(C)(C)O)C(=O)[C@@H]12. The van der Waals surface area contributed by atoms with Gasteiger partial charge in [0.25, 0.3) is 0 Å². The predicted molar refractivity (Wildman–Crippen MR) is 70.4 cm³/mol. The maximum absolute atomic E-state index is 12.5. The van der Waals surface area contributed by atoms with Crippen LogP contribution in [0.3, 0.4) is 0 Å². The molecule has 1 saturated carbocycles. The fourth-order valence-electron chi connectivity index (χ4n) is 3.33. The lowest BCUT2D eigenvalue weighted by Crippen LogP contribution is -2.45. The van der Waals surface area contributed by atoms with Gasteiger partial charge in [0.1, 0.15) is 5.78 Å². The molecule has 0 aromatic heterocycles. The van der Waals surface area contributed by atoms with Crippen LogP contribution in [-0.2, 0) is 9.59 Å². The lowest BCUT2D eigenvalue weighted by molar-refractivity contribution is -0.135. The summed E-state index contributed by atoms with van der Waals surface area (Å²) in [6, 6.07) is 0. The summed E-state index contributed by atoms with van der Waals surface area (Å²) in [7, 11) is 0. The van der Waals surface area contributed by atoms with E-state index in [0.717, 1.165) is 0 Å². The molecule has 0 heterocycles. The Morgan fingerprint density at radius 2 is 1.89 bits per heavy atom. The molecule has 0 unspecified atom stereocenters. The standard InChI is InChI=1S/C15H22O4/c1-8-5-6-11(16)9(2)12-13(17)10(14(3,4)18)7-15(8,12)19/h7-9,12,18-19H,5-6H2,1-4H3/t8-,9-,12-,15-/m1/s1. The highest BCUT2D eigenvalue weighted by Crippen LogP contribution is 2.47. The van der Waals surface area contributed by atoms with Gasteiger partial charge in [-0.3, -0.25) is 9.59 Å². The van der Waals surface area contributed by atoms with Gasteiger partial charge in [0, 0.05) is 17.9 Å². The molecule has 19 heavy (non-hydrogen) atoms. The molecular formula is C15H22O4. The Balaban J connectivity index is 2.54. The Morgan fingerprint density at radius 1 is 1.32 bits per heavy atom. The van der Waals surface area contributed by atoms with Crippen molar-refractivity contribution >= 4 is 11.6 Å². The Bertz CT molecular complexity index is 457. The number of fused-ring (bicyclic) bond motifs is 1. The lowest BCUT2D eigenvalue weighted by Gasteiger charge is -2.33. The summed E-state index contributed by atoms with van der Waals surface area (Å²) >= 11 is 0. The molecule has 0 aromatic rings. The van der Waals surface area contributed by atoms with Gasteiger partial charge in [0.15, 0.2) is 5.78 Å². The van der Waals surface area contributed by atoms with Gasteiger partial charge in [-0.05, 0) is 32.3 Å². The highest BCUT2D eigenvalue weighted by atomic mass is 16.3. The van der Waals surface area contributed by atoms with Crippen molar-refractivity contribution in [3.05, 3.63) is 11.6 Å². The average molecular weight is 266 g/mol. The van der Waals surface area contributed by atoms with Crippen LogP contribution >= 0.6 is 0 Å². The van der Waals surface area contributed by atoms with Crippen LogP contribution in [0.15, 0.2) is 11.6 Å². The van der Waals surface area contributed by atoms with E-state index in [1.807, 2.05) is 6.92 Å². The van der Waals surface area contributed by atoms with Crippen molar-refractivity contribution in [2.24, 2.45) is 17.8 Å². The number of ketones is 2. The highest BCUT2D eigenvalue weighted by molar-refractivity contribution is 6.05. The Hall–Kier alpha value is -1.00. The van der Waals surface area contributed by atoms with E-state index in [-0.39, 0.29) is 23.1 Å². The first-order valence-electron chi connectivity index (χ1n) is 6.84. The summed E-state index contributed by atoms with van der Waals surface area (Å²) in [5.74, 6) is -1.69. The molecule has 106 valence electrons. The van der Waals surface area contributed by atoms with E-state index in [1.165, 1.54) is 19.9 Å². The second-order valence-corrected chi connectivity index (χ2v) is 6.54. The van der Waals surface area contributed by atoms with Crippen LogP contribution < -0.4 is 0 Å². The van der Waals surface area contributed by atoms with Gasteiger partial charge in [-0.25, -0.2) is 0 Å². The molecule has 4 nitrogen and oxygen atoms in total. The molecule has 2 rings (SSSR count). The van der Waals surface area contributed by atoms with Gasteiger partial charge in [-0.2, -0.15) is 0 Å². The third-order valence-corrected chi connectivity index (χ3v) is 4.70. The first kappa shape index (κ1) is 14.4. The summed E-state index contributed by atoms with van der Waals surface area (Å²) in [6.07, 6.45) is 2.47. The van der Waals surface area contributed by atoms with E-state index in [2.05, 4.69) is 0 Å². The second-order valence-electron chi connectivity index (χ2n) is 6.54. The zero-order valence-electron chi connectivity index (χ0n) is 11.9. The second kappa shape index (κ2) is 4.25. The summed E-state index contributed by atoms with van der Waals surface area (Å²) < 4.78 is 0. The molecule has 2 N–H and O–H groups in total. The molecule has 0 aromatic carbocycles. The van der Waals surface area contributed by atoms with Gasteiger partial charge < -0.3 is 10.2 Å². The molecule has 4 atom stereocenters.